The minimum Gasteiger partial charge on any atom is -0.198 e. The van der Waals surface area contributed by atoms with E-state index in [1.165, 1.54) is 0 Å². The molecule has 0 spiro atoms. The van der Waals surface area contributed by atoms with Crippen LogP contribution in [-0.2, 0) is 6.18 Å². The highest BCUT2D eigenvalue weighted by Gasteiger charge is 2.36. The van der Waals surface area contributed by atoms with Gasteiger partial charge < -0.3 is 0 Å². The van der Waals surface area contributed by atoms with Crippen molar-refractivity contribution in [2.75, 3.05) is 5.88 Å². The summed E-state index contributed by atoms with van der Waals surface area (Å²) in [6.07, 6.45) is -4.51. The van der Waals surface area contributed by atoms with E-state index in [1.807, 2.05) is 0 Å². The topological polar surface area (TPSA) is 49.6 Å². The van der Waals surface area contributed by atoms with Gasteiger partial charge in [0.1, 0.15) is 10.9 Å². The molecule has 0 amide bonds. The largest absolute Gasteiger partial charge is 0.445 e. The van der Waals surface area contributed by atoms with Crippen LogP contribution in [0.3, 0.4) is 0 Å². The van der Waals surface area contributed by atoms with Gasteiger partial charge in [0.15, 0.2) is 0 Å². The van der Waals surface area contributed by atoms with Gasteiger partial charge in [-0.1, -0.05) is 11.3 Å². The highest BCUT2D eigenvalue weighted by atomic mass is 35.5. The molecule has 1 aromatic heterocycles. The van der Waals surface area contributed by atoms with E-state index in [0.29, 0.717) is 11.3 Å². The van der Waals surface area contributed by atoms with Crippen molar-refractivity contribution in [3.8, 4) is 6.07 Å². The molecule has 0 N–H and O–H groups in total. The van der Waals surface area contributed by atoms with E-state index in [-0.39, 0.29) is 10.9 Å². The zero-order valence-corrected chi connectivity index (χ0v) is 8.12. The number of halogens is 4. The SMILES string of the molecule is N#CC(CCl)c1nnc(C(F)(F)F)s1. The second-order valence-electron chi connectivity index (χ2n) is 2.28. The number of rotatable bonds is 2. The molecule has 0 saturated carbocycles. The summed E-state index contributed by atoms with van der Waals surface area (Å²) < 4.78 is 36.2. The molecule has 0 radical (unpaired) electrons. The Morgan fingerprint density at radius 1 is 1.50 bits per heavy atom. The zero-order valence-electron chi connectivity index (χ0n) is 6.55. The first-order valence-corrected chi connectivity index (χ1v) is 4.70. The van der Waals surface area contributed by atoms with Crippen molar-refractivity contribution in [3.63, 3.8) is 0 Å². The third-order valence-electron chi connectivity index (χ3n) is 1.29. The Morgan fingerprint density at radius 3 is 2.50 bits per heavy atom. The van der Waals surface area contributed by atoms with Crippen molar-refractivity contribution in [2.45, 2.75) is 12.1 Å². The van der Waals surface area contributed by atoms with E-state index < -0.39 is 17.1 Å². The van der Waals surface area contributed by atoms with Crippen LogP contribution in [0.4, 0.5) is 13.2 Å². The number of nitriles is 1. The minimum atomic E-state index is -4.51. The van der Waals surface area contributed by atoms with E-state index in [0.717, 1.165) is 0 Å². The average Bonchev–Trinajstić information content (AvgIpc) is 2.54. The van der Waals surface area contributed by atoms with E-state index in [2.05, 4.69) is 10.2 Å². The molecule has 3 nitrogen and oxygen atoms in total. The Morgan fingerprint density at radius 2 is 2.14 bits per heavy atom. The van der Waals surface area contributed by atoms with Gasteiger partial charge in [0.25, 0.3) is 0 Å². The third kappa shape index (κ3) is 2.33. The van der Waals surface area contributed by atoms with Crippen LogP contribution < -0.4 is 0 Å². The van der Waals surface area contributed by atoms with Gasteiger partial charge in [0, 0.05) is 5.88 Å². The van der Waals surface area contributed by atoms with Crippen molar-refractivity contribution in [3.05, 3.63) is 10.0 Å². The molecule has 8 heteroatoms. The lowest BCUT2D eigenvalue weighted by Gasteiger charge is -1.98. The van der Waals surface area contributed by atoms with Crippen molar-refractivity contribution in [1.29, 1.82) is 5.26 Å². The summed E-state index contributed by atoms with van der Waals surface area (Å²) in [5, 5.41) is 13.7. The summed E-state index contributed by atoms with van der Waals surface area (Å²) in [5.74, 6) is -0.923. The van der Waals surface area contributed by atoms with Crippen molar-refractivity contribution in [1.82, 2.24) is 10.2 Å². The maximum Gasteiger partial charge on any atom is 0.445 e. The van der Waals surface area contributed by atoms with E-state index in [1.54, 1.807) is 6.07 Å². The van der Waals surface area contributed by atoms with Crippen LogP contribution in [0.5, 0.6) is 0 Å². The van der Waals surface area contributed by atoms with Crippen LogP contribution in [0.1, 0.15) is 15.9 Å². The Bertz CT molecular complexity index is 356. The highest BCUT2D eigenvalue weighted by molar-refractivity contribution is 7.11. The molecule has 0 bridgehead atoms. The third-order valence-corrected chi connectivity index (χ3v) is 2.68. The maximum atomic E-state index is 12.1. The van der Waals surface area contributed by atoms with Gasteiger partial charge in [-0.15, -0.1) is 21.8 Å². The molecule has 76 valence electrons. The van der Waals surface area contributed by atoms with Gasteiger partial charge in [-0.2, -0.15) is 18.4 Å². The Labute approximate surface area is 86.1 Å². The molecule has 1 atom stereocenters. The second kappa shape index (κ2) is 4.11. The number of alkyl halides is 4. The predicted octanol–water partition coefficient (Wildman–Crippen LogP) is 2.40. The summed E-state index contributed by atoms with van der Waals surface area (Å²) in [5.41, 5.74) is 0. The minimum absolute atomic E-state index is 0.00479. The number of nitrogens with zero attached hydrogens (tertiary/aromatic N) is 3. The molecule has 0 saturated heterocycles. The van der Waals surface area contributed by atoms with Crippen molar-refractivity contribution in [2.24, 2.45) is 0 Å². The fraction of sp³-hybridized carbons (Fsp3) is 0.500. The normalized spacial score (nSPS) is 13.6. The van der Waals surface area contributed by atoms with Crippen LogP contribution >= 0.6 is 22.9 Å². The maximum absolute atomic E-state index is 12.1. The molecular weight excluding hydrogens is 239 g/mol. The molecule has 1 heterocycles. The van der Waals surface area contributed by atoms with Crippen LogP contribution in [0.15, 0.2) is 0 Å². The first kappa shape index (κ1) is 11.2. The van der Waals surface area contributed by atoms with Gasteiger partial charge in [0.05, 0.1) is 6.07 Å². The van der Waals surface area contributed by atoms with Crippen molar-refractivity contribution < 1.29 is 13.2 Å². The first-order chi connectivity index (χ1) is 6.49. The molecule has 14 heavy (non-hydrogen) atoms. The molecule has 0 aromatic carbocycles. The first-order valence-electron chi connectivity index (χ1n) is 3.35. The monoisotopic (exact) mass is 241 g/mol. The molecule has 1 aromatic rings. The fourth-order valence-electron chi connectivity index (χ4n) is 0.646. The molecule has 1 unspecified atom stereocenters. The van der Waals surface area contributed by atoms with E-state index in [9.17, 15) is 13.2 Å². The predicted molar refractivity (Wildman–Crippen MR) is 44.0 cm³/mol. The van der Waals surface area contributed by atoms with Gasteiger partial charge in [0.2, 0.25) is 5.01 Å². The Balaban J connectivity index is 2.94. The van der Waals surface area contributed by atoms with Gasteiger partial charge in [-0.25, -0.2) is 0 Å². The number of aromatic nitrogens is 2. The summed E-state index contributed by atoms with van der Waals surface area (Å²) >= 11 is 5.70. The lowest BCUT2D eigenvalue weighted by atomic mass is 10.2. The molecule has 0 aliphatic rings. The van der Waals surface area contributed by atoms with Gasteiger partial charge in [-0.3, -0.25) is 0 Å². The standard InChI is InChI=1S/C6H3ClF3N3S/c7-1-3(2-11)4-12-13-5(14-4)6(8,9)10/h3H,1H2. The van der Waals surface area contributed by atoms with Crippen LogP contribution in [0, 0.1) is 11.3 Å². The fourth-order valence-corrected chi connectivity index (χ4v) is 1.71. The van der Waals surface area contributed by atoms with Crippen LogP contribution in [-0.4, -0.2) is 16.1 Å². The van der Waals surface area contributed by atoms with E-state index >= 15 is 0 Å². The summed E-state index contributed by atoms with van der Waals surface area (Å²) in [6.45, 7) is 0. The lowest BCUT2D eigenvalue weighted by Crippen LogP contribution is -2.03. The zero-order chi connectivity index (χ0) is 10.8. The number of hydrogen-bond donors (Lipinski definition) is 0. The van der Waals surface area contributed by atoms with Gasteiger partial charge in [-0.05, 0) is 0 Å². The second-order valence-corrected chi connectivity index (χ2v) is 3.60. The smallest absolute Gasteiger partial charge is 0.198 e. The van der Waals surface area contributed by atoms with Crippen LogP contribution in [0.2, 0.25) is 0 Å². The van der Waals surface area contributed by atoms with Crippen LogP contribution in [0.25, 0.3) is 0 Å². The lowest BCUT2D eigenvalue weighted by molar-refractivity contribution is -0.138. The van der Waals surface area contributed by atoms with E-state index in [4.69, 9.17) is 16.9 Å². The summed E-state index contributed by atoms with van der Waals surface area (Å²) in [4.78, 5) is 0. The highest BCUT2D eigenvalue weighted by Crippen LogP contribution is 2.33. The average molecular weight is 242 g/mol. The van der Waals surface area contributed by atoms with Gasteiger partial charge >= 0.3 is 6.18 Å². The summed E-state index contributed by atoms with van der Waals surface area (Å²) in [7, 11) is 0. The summed E-state index contributed by atoms with van der Waals surface area (Å²) in [6, 6.07) is 1.74. The molecule has 1 rings (SSSR count). The quantitative estimate of drug-likeness (QED) is 0.747. The Kier molecular flexibility index (Phi) is 3.29. The molecule has 0 aliphatic carbocycles. The molecule has 0 aliphatic heterocycles. The Hall–Kier alpha value is -0.870. The molecule has 0 fully saturated rings. The molecular formula is C6H3ClF3N3S. The van der Waals surface area contributed by atoms with Crippen molar-refractivity contribution >= 4 is 22.9 Å². The number of hydrogen-bond acceptors (Lipinski definition) is 4.